The minimum Gasteiger partial charge on any atom is -0.334 e. The molecule has 3 heterocycles. The second kappa shape index (κ2) is 6.86. The first kappa shape index (κ1) is 15.5. The van der Waals surface area contributed by atoms with Gasteiger partial charge in [0, 0.05) is 30.6 Å². The number of benzene rings is 1. The summed E-state index contributed by atoms with van der Waals surface area (Å²) in [6.07, 6.45) is 3.47. The van der Waals surface area contributed by atoms with Gasteiger partial charge in [-0.15, -0.1) is 10.2 Å². The molecule has 0 saturated carbocycles. The summed E-state index contributed by atoms with van der Waals surface area (Å²) in [5, 5.41) is 13.3. The number of aromatic nitrogens is 6. The Balaban J connectivity index is 1.48. The lowest BCUT2D eigenvalue weighted by Gasteiger charge is -2.02. The van der Waals surface area contributed by atoms with E-state index in [0.717, 1.165) is 22.1 Å². The maximum Gasteiger partial charge on any atom is 0.257 e. The second-order valence-electron chi connectivity index (χ2n) is 5.27. The monoisotopic (exact) mass is 350 g/mol. The zero-order valence-corrected chi connectivity index (χ0v) is 14.2. The Kier molecular flexibility index (Phi) is 4.26. The van der Waals surface area contributed by atoms with Crippen molar-refractivity contribution in [3.63, 3.8) is 0 Å². The van der Waals surface area contributed by atoms with Gasteiger partial charge in [-0.3, -0.25) is 4.98 Å². The van der Waals surface area contributed by atoms with E-state index in [4.69, 9.17) is 4.52 Å². The topological polar surface area (TPSA) is 82.5 Å². The third kappa shape index (κ3) is 3.29. The van der Waals surface area contributed by atoms with Crippen LogP contribution in [0.3, 0.4) is 0 Å². The SMILES string of the molecule is Cn1c(SCc2noc(-c3ccccc3)n2)nnc1-c1ccncc1. The van der Waals surface area contributed by atoms with Crippen LogP contribution in [0.4, 0.5) is 0 Å². The third-order valence-corrected chi connectivity index (χ3v) is 4.61. The van der Waals surface area contributed by atoms with Crippen molar-refractivity contribution in [1.29, 1.82) is 0 Å². The molecule has 0 aliphatic heterocycles. The normalized spacial score (nSPS) is 10.9. The lowest BCUT2D eigenvalue weighted by atomic mass is 10.2. The molecule has 0 amide bonds. The summed E-state index contributed by atoms with van der Waals surface area (Å²) in [4.78, 5) is 8.45. The molecule has 0 fully saturated rings. The summed E-state index contributed by atoms with van der Waals surface area (Å²) in [7, 11) is 1.93. The molecule has 25 heavy (non-hydrogen) atoms. The molecule has 0 spiro atoms. The first-order valence-electron chi connectivity index (χ1n) is 7.62. The Morgan fingerprint density at radius 1 is 1.00 bits per heavy atom. The second-order valence-corrected chi connectivity index (χ2v) is 6.21. The fourth-order valence-corrected chi connectivity index (χ4v) is 3.09. The van der Waals surface area contributed by atoms with Gasteiger partial charge in [0.25, 0.3) is 5.89 Å². The van der Waals surface area contributed by atoms with E-state index in [1.807, 2.05) is 54.1 Å². The van der Waals surface area contributed by atoms with Gasteiger partial charge in [-0.2, -0.15) is 4.98 Å². The fraction of sp³-hybridized carbons (Fsp3) is 0.118. The summed E-state index contributed by atoms with van der Waals surface area (Å²) in [5.41, 5.74) is 1.88. The predicted octanol–water partition coefficient (Wildman–Crippen LogP) is 3.22. The van der Waals surface area contributed by atoms with E-state index in [9.17, 15) is 0 Å². The minimum absolute atomic E-state index is 0.520. The maximum absolute atomic E-state index is 5.32. The highest BCUT2D eigenvalue weighted by Gasteiger charge is 2.13. The Bertz CT molecular complexity index is 967. The van der Waals surface area contributed by atoms with Crippen molar-refractivity contribution in [2.75, 3.05) is 0 Å². The van der Waals surface area contributed by atoms with Crippen molar-refractivity contribution in [3.05, 3.63) is 60.7 Å². The van der Waals surface area contributed by atoms with E-state index in [-0.39, 0.29) is 0 Å². The smallest absolute Gasteiger partial charge is 0.257 e. The van der Waals surface area contributed by atoms with E-state index >= 15 is 0 Å². The maximum atomic E-state index is 5.32. The molecule has 0 atom stereocenters. The summed E-state index contributed by atoms with van der Waals surface area (Å²) in [5.74, 6) is 2.49. The van der Waals surface area contributed by atoms with E-state index in [1.54, 1.807) is 12.4 Å². The van der Waals surface area contributed by atoms with E-state index in [1.165, 1.54) is 11.8 Å². The molecule has 0 N–H and O–H groups in total. The number of hydrogen-bond acceptors (Lipinski definition) is 7. The van der Waals surface area contributed by atoms with Gasteiger partial charge < -0.3 is 9.09 Å². The molecular weight excluding hydrogens is 336 g/mol. The zero-order valence-electron chi connectivity index (χ0n) is 13.4. The van der Waals surface area contributed by atoms with Gasteiger partial charge in [-0.1, -0.05) is 35.1 Å². The minimum atomic E-state index is 0.520. The summed E-state index contributed by atoms with van der Waals surface area (Å²) in [6.45, 7) is 0. The molecule has 4 aromatic rings. The van der Waals surface area contributed by atoms with Crippen molar-refractivity contribution in [2.24, 2.45) is 7.05 Å². The van der Waals surface area contributed by atoms with Gasteiger partial charge in [0.2, 0.25) is 0 Å². The van der Waals surface area contributed by atoms with Crippen LogP contribution in [0.5, 0.6) is 0 Å². The molecule has 4 rings (SSSR count). The first-order valence-corrected chi connectivity index (χ1v) is 8.60. The van der Waals surface area contributed by atoms with Crippen molar-refractivity contribution in [2.45, 2.75) is 10.9 Å². The van der Waals surface area contributed by atoms with Crippen LogP contribution < -0.4 is 0 Å². The molecule has 0 radical (unpaired) electrons. The van der Waals surface area contributed by atoms with E-state index in [0.29, 0.717) is 17.5 Å². The molecule has 7 nitrogen and oxygen atoms in total. The van der Waals surface area contributed by atoms with Crippen LogP contribution in [0.25, 0.3) is 22.8 Å². The van der Waals surface area contributed by atoms with Crippen LogP contribution in [-0.4, -0.2) is 29.9 Å². The van der Waals surface area contributed by atoms with Gasteiger partial charge in [-0.25, -0.2) is 0 Å². The van der Waals surface area contributed by atoms with Gasteiger partial charge >= 0.3 is 0 Å². The van der Waals surface area contributed by atoms with Crippen LogP contribution in [0.15, 0.2) is 64.5 Å². The molecule has 0 aliphatic carbocycles. The predicted molar refractivity (Wildman–Crippen MR) is 93.5 cm³/mol. The van der Waals surface area contributed by atoms with Crippen molar-refractivity contribution in [3.8, 4) is 22.8 Å². The molecule has 8 heteroatoms. The van der Waals surface area contributed by atoms with Gasteiger partial charge in [0.1, 0.15) is 0 Å². The van der Waals surface area contributed by atoms with Crippen LogP contribution in [-0.2, 0) is 12.8 Å². The third-order valence-electron chi connectivity index (χ3n) is 3.59. The Labute approximate surface area is 148 Å². The molecule has 0 aliphatic rings. The zero-order chi connectivity index (χ0) is 17.1. The number of nitrogens with zero attached hydrogens (tertiary/aromatic N) is 6. The average molecular weight is 350 g/mol. The molecule has 0 bridgehead atoms. The summed E-state index contributed by atoms with van der Waals surface area (Å²) < 4.78 is 7.26. The Hall–Kier alpha value is -3.00. The molecule has 0 saturated heterocycles. The number of thioether (sulfide) groups is 1. The standard InChI is InChI=1S/C17H14N6OS/c1-23-15(12-7-9-18-10-8-12)20-21-17(23)25-11-14-19-16(24-22-14)13-5-3-2-4-6-13/h2-10H,11H2,1H3. The van der Waals surface area contributed by atoms with Crippen molar-refractivity contribution < 1.29 is 4.52 Å². The van der Waals surface area contributed by atoms with Crippen molar-refractivity contribution >= 4 is 11.8 Å². The average Bonchev–Trinajstić information content (AvgIpc) is 3.28. The fourth-order valence-electron chi connectivity index (χ4n) is 2.33. The van der Waals surface area contributed by atoms with Gasteiger partial charge in [0.05, 0.1) is 5.75 Å². The molecule has 0 unspecified atom stereocenters. The van der Waals surface area contributed by atoms with Crippen molar-refractivity contribution in [1.82, 2.24) is 29.9 Å². The quantitative estimate of drug-likeness (QED) is 0.511. The highest BCUT2D eigenvalue weighted by Crippen LogP contribution is 2.25. The van der Waals surface area contributed by atoms with Crippen LogP contribution in [0, 0.1) is 0 Å². The highest BCUT2D eigenvalue weighted by molar-refractivity contribution is 7.98. The molecule has 1 aromatic carbocycles. The van der Waals surface area contributed by atoms with Crippen LogP contribution in [0.2, 0.25) is 0 Å². The first-order chi connectivity index (χ1) is 12.3. The number of rotatable bonds is 5. The van der Waals surface area contributed by atoms with E-state index < -0.39 is 0 Å². The van der Waals surface area contributed by atoms with Crippen LogP contribution >= 0.6 is 11.8 Å². The Morgan fingerprint density at radius 3 is 2.60 bits per heavy atom. The lowest BCUT2D eigenvalue weighted by Crippen LogP contribution is -1.95. The largest absolute Gasteiger partial charge is 0.334 e. The Morgan fingerprint density at radius 2 is 1.80 bits per heavy atom. The summed E-state index contributed by atoms with van der Waals surface area (Å²) >= 11 is 1.51. The van der Waals surface area contributed by atoms with Crippen LogP contribution in [0.1, 0.15) is 5.82 Å². The number of hydrogen-bond donors (Lipinski definition) is 0. The number of pyridine rings is 1. The summed E-state index contributed by atoms with van der Waals surface area (Å²) in [6, 6.07) is 13.5. The van der Waals surface area contributed by atoms with Gasteiger partial charge in [0.15, 0.2) is 16.8 Å². The highest BCUT2D eigenvalue weighted by atomic mass is 32.2. The lowest BCUT2D eigenvalue weighted by molar-refractivity contribution is 0.425. The molecule has 3 aromatic heterocycles. The molecule has 124 valence electrons. The van der Waals surface area contributed by atoms with Gasteiger partial charge in [-0.05, 0) is 24.3 Å². The van der Waals surface area contributed by atoms with E-state index in [2.05, 4.69) is 25.3 Å². The molecular formula is C17H14N6OS.